The lowest BCUT2D eigenvalue weighted by Gasteiger charge is -2.07. The number of aromatic nitrogens is 2. The number of fused-ring (bicyclic) bond motifs is 11. The number of hydrogen-bond acceptors (Lipinski definition) is 14. The first-order valence-corrected chi connectivity index (χ1v) is 23.1. The highest BCUT2D eigenvalue weighted by atomic mass is 32.1. The minimum absolute atomic E-state index is 0.00275. The van der Waals surface area contributed by atoms with Crippen LogP contribution in [0.3, 0.4) is 0 Å². The number of aliphatic hydroxyl groups is 1. The van der Waals surface area contributed by atoms with Gasteiger partial charge in [0.05, 0.1) is 50.3 Å². The zero-order chi connectivity index (χ0) is 43.4. The average Bonchev–Trinajstić information content (AvgIpc) is 4.20. The van der Waals surface area contributed by atoms with E-state index in [0.29, 0.717) is 63.4 Å². The normalized spacial score (nSPS) is 14.6. The Bertz CT molecular complexity index is 3940. The number of thiophene rings is 4. The number of ether oxygens (including phenoxy) is 2. The van der Waals surface area contributed by atoms with Gasteiger partial charge in [-0.05, 0) is 28.8 Å². The molecule has 0 bridgehead atoms. The standard InChI is InChI=1S/C48H26N4O8S4/c53-37-25-15-7-8-16-26(25)38(54)33(37)49-31-19-29-41(61-31)43-35(51(29)47(57)59-21-23-11-3-1-4-12-23)45-46(63-43)36-44(64-45)42-30(52(36)48(58)60-22-24-13-5-2-6-14-24)20-32(62-42)50-34-39(55)27-17-9-10-18-28(27)40(34)56/h1-20,37,53H,21-22H2/b49-33-. The summed E-state index contributed by atoms with van der Waals surface area (Å²) >= 11 is 5.32. The van der Waals surface area contributed by atoms with Crippen molar-refractivity contribution in [3.05, 3.63) is 169 Å². The average molecular weight is 915 g/mol. The second kappa shape index (κ2) is 14.7. The van der Waals surface area contributed by atoms with E-state index in [9.17, 15) is 29.1 Å². The van der Waals surface area contributed by atoms with E-state index in [1.165, 1.54) is 54.5 Å². The molecule has 0 radical (unpaired) electrons. The zero-order valence-corrected chi connectivity index (χ0v) is 36.0. The van der Waals surface area contributed by atoms with Crippen LogP contribution in [-0.2, 0) is 22.7 Å². The maximum absolute atomic E-state index is 14.4. The summed E-state index contributed by atoms with van der Waals surface area (Å²) in [6, 6.07) is 35.5. The first kappa shape index (κ1) is 38.5. The van der Waals surface area contributed by atoms with E-state index in [1.807, 2.05) is 60.7 Å². The van der Waals surface area contributed by atoms with Crippen LogP contribution >= 0.6 is 45.3 Å². The molecule has 1 unspecified atom stereocenters. The van der Waals surface area contributed by atoms with Crippen LogP contribution in [0.4, 0.5) is 19.6 Å². The van der Waals surface area contributed by atoms with Crippen molar-refractivity contribution < 1.29 is 29.0 Å². The lowest BCUT2D eigenvalue weighted by molar-refractivity contribution is 0.106. The van der Waals surface area contributed by atoms with Crippen molar-refractivity contribution in [1.82, 2.24) is 9.13 Å². The van der Waals surface area contributed by atoms with E-state index in [0.717, 1.165) is 29.9 Å². The van der Waals surface area contributed by atoms with Crippen LogP contribution in [-0.4, -0.2) is 37.9 Å². The summed E-state index contributed by atoms with van der Waals surface area (Å²) in [5, 5.41) is 12.3. The lowest BCUT2D eigenvalue weighted by Crippen LogP contribution is -2.31. The molecule has 0 aliphatic heterocycles. The van der Waals surface area contributed by atoms with Crippen molar-refractivity contribution in [2.75, 3.05) is 0 Å². The van der Waals surface area contributed by atoms with Crippen molar-refractivity contribution in [1.29, 1.82) is 0 Å². The summed E-state index contributed by atoms with van der Waals surface area (Å²) < 4.78 is 19.2. The van der Waals surface area contributed by atoms with E-state index in [2.05, 4.69) is 9.98 Å². The van der Waals surface area contributed by atoms with Gasteiger partial charge in [-0.1, -0.05) is 109 Å². The Kier molecular flexibility index (Phi) is 8.83. The molecule has 1 N–H and O–H groups in total. The lowest BCUT2D eigenvalue weighted by atomic mass is 10.1. The van der Waals surface area contributed by atoms with Gasteiger partial charge < -0.3 is 14.6 Å². The number of benzene rings is 4. The summed E-state index contributed by atoms with van der Waals surface area (Å²) in [4.78, 5) is 78.1. The Morgan fingerprint density at radius 1 is 0.562 bits per heavy atom. The van der Waals surface area contributed by atoms with Crippen LogP contribution in [0.5, 0.6) is 0 Å². The third-order valence-electron chi connectivity index (χ3n) is 11.3. The number of aliphatic hydroxyl groups excluding tert-OH is 1. The molecule has 0 fully saturated rings. The largest absolute Gasteiger partial charge is 0.444 e. The van der Waals surface area contributed by atoms with Gasteiger partial charge in [-0.2, -0.15) is 0 Å². The Balaban J connectivity index is 1.06. The van der Waals surface area contributed by atoms with Crippen LogP contribution in [0.25, 0.3) is 61.0 Å². The van der Waals surface area contributed by atoms with Crippen LogP contribution in [0.1, 0.15) is 33.2 Å². The molecule has 12 rings (SSSR count). The van der Waals surface area contributed by atoms with Gasteiger partial charge in [0.1, 0.15) is 35.0 Å². The molecule has 0 saturated carbocycles. The number of rotatable bonds is 6. The molecule has 12 nitrogen and oxygen atoms in total. The highest BCUT2D eigenvalue weighted by molar-refractivity contribution is 7.40. The molecule has 0 amide bonds. The molecule has 11 aromatic rings. The van der Waals surface area contributed by atoms with Crippen molar-refractivity contribution in [3.8, 4) is 0 Å². The highest BCUT2D eigenvalue weighted by Gasteiger charge is 2.36. The number of aliphatic imine (C=N–C) groups is 1. The molecule has 5 aromatic carbocycles. The number of nitrogens with zero attached hydrogens (tertiary/aromatic N) is 4. The molecule has 16 heteroatoms. The van der Waals surface area contributed by atoms with Gasteiger partial charge >= 0.3 is 12.2 Å². The molecular weight excluding hydrogens is 889 g/mol. The molecule has 6 aromatic heterocycles. The predicted molar refractivity (Wildman–Crippen MR) is 252 cm³/mol. The number of Topliss-reactive ketones (excluding diaryl/α,β-unsaturated/α-hetero) is 1. The van der Waals surface area contributed by atoms with Crippen molar-refractivity contribution in [2.45, 2.75) is 19.3 Å². The molecule has 310 valence electrons. The van der Waals surface area contributed by atoms with Gasteiger partial charge in [0, 0.05) is 16.3 Å². The molecule has 0 saturated heterocycles. The van der Waals surface area contributed by atoms with E-state index < -0.39 is 29.1 Å². The SMILES string of the molecule is O=C1/C(=N\c2cc3c(s2)c2sc4c(sc5c6sc(N=c7c(=O)c8ccccc8c7=O)cc6n(C(=O)OCc6ccccc6)c54)c2n3C(=O)OCc2ccccc2)C(O)c2ccccc21. The van der Waals surface area contributed by atoms with Crippen LogP contribution in [0.2, 0.25) is 0 Å². The van der Waals surface area contributed by atoms with Gasteiger partial charge in [0.2, 0.25) is 16.6 Å². The minimum Gasteiger partial charge on any atom is -0.444 e. The fourth-order valence-electron chi connectivity index (χ4n) is 8.35. The van der Waals surface area contributed by atoms with E-state index >= 15 is 0 Å². The van der Waals surface area contributed by atoms with Crippen LogP contribution < -0.4 is 16.2 Å². The maximum Gasteiger partial charge on any atom is 0.419 e. The van der Waals surface area contributed by atoms with Gasteiger partial charge in [-0.15, -0.1) is 45.3 Å². The second-order valence-electron chi connectivity index (χ2n) is 15.0. The first-order chi connectivity index (χ1) is 31.2. The van der Waals surface area contributed by atoms with Crippen molar-refractivity contribution in [3.63, 3.8) is 0 Å². The third kappa shape index (κ3) is 5.84. The zero-order valence-electron chi connectivity index (χ0n) is 32.8. The summed E-state index contributed by atoms with van der Waals surface area (Å²) in [7, 11) is 0. The monoisotopic (exact) mass is 914 g/mol. The molecule has 1 aliphatic carbocycles. The van der Waals surface area contributed by atoms with E-state index in [1.54, 1.807) is 60.7 Å². The quantitative estimate of drug-likeness (QED) is 0.173. The van der Waals surface area contributed by atoms with Crippen molar-refractivity contribution in [2.24, 2.45) is 9.98 Å². The second-order valence-corrected chi connectivity index (χ2v) is 19.1. The highest BCUT2D eigenvalue weighted by Crippen LogP contribution is 2.54. The van der Waals surface area contributed by atoms with Gasteiger partial charge in [0.25, 0.3) is 0 Å². The maximum atomic E-state index is 14.4. The minimum atomic E-state index is -1.20. The van der Waals surface area contributed by atoms with E-state index in [-0.39, 0.29) is 30.1 Å². The number of carbonyl (C=O) groups excluding carboxylic acids is 3. The molecule has 6 heterocycles. The van der Waals surface area contributed by atoms with Gasteiger partial charge in [-0.3, -0.25) is 14.4 Å². The molecule has 0 spiro atoms. The summed E-state index contributed by atoms with van der Waals surface area (Å²) in [5.74, 6) is -0.364. The molecule has 1 atom stereocenters. The Morgan fingerprint density at radius 2 is 1.02 bits per heavy atom. The number of hydrogen-bond donors (Lipinski definition) is 1. The molecule has 64 heavy (non-hydrogen) atoms. The summed E-state index contributed by atoms with van der Waals surface area (Å²) in [6.45, 7) is 0.0109. The summed E-state index contributed by atoms with van der Waals surface area (Å²) in [5.41, 5.74) is 3.71. The van der Waals surface area contributed by atoms with Crippen molar-refractivity contribution >= 4 is 140 Å². The van der Waals surface area contributed by atoms with E-state index in [4.69, 9.17) is 9.47 Å². The molecular formula is C48H26N4O8S4. The first-order valence-electron chi connectivity index (χ1n) is 19.8. The topological polar surface area (TPSA) is 159 Å². The Labute approximate surface area is 374 Å². The smallest absolute Gasteiger partial charge is 0.419 e. The summed E-state index contributed by atoms with van der Waals surface area (Å²) in [6.07, 6.45) is -2.49. The fourth-order valence-corrected chi connectivity index (χ4v) is 13.5. The predicted octanol–water partition coefficient (Wildman–Crippen LogP) is 10.7. The number of carbonyl (C=O) groups is 3. The Hall–Kier alpha value is -7.21. The Morgan fingerprint density at radius 3 is 1.53 bits per heavy atom. The van der Waals surface area contributed by atoms with Crippen LogP contribution in [0, 0.1) is 0 Å². The third-order valence-corrected chi connectivity index (χ3v) is 16.1. The fraction of sp³-hybridized carbons (Fsp3) is 0.0625. The number of ketones is 1. The van der Waals surface area contributed by atoms with Gasteiger partial charge in [0.15, 0.2) is 5.36 Å². The molecule has 1 aliphatic rings. The van der Waals surface area contributed by atoms with Gasteiger partial charge in [-0.25, -0.2) is 28.7 Å². The van der Waals surface area contributed by atoms with Crippen LogP contribution in [0.15, 0.2) is 141 Å².